The zero-order chi connectivity index (χ0) is 26.5. The van der Waals surface area contributed by atoms with E-state index in [1.807, 2.05) is 31.2 Å². The topological polar surface area (TPSA) is 118 Å². The molecule has 3 saturated heterocycles. The lowest BCUT2D eigenvalue weighted by Gasteiger charge is -2.38. The van der Waals surface area contributed by atoms with Crippen molar-refractivity contribution in [2.24, 2.45) is 11.8 Å². The quantitative estimate of drug-likeness (QED) is 0.388. The third kappa shape index (κ3) is 3.77. The number of aromatic nitrogens is 3. The maximum Gasteiger partial charge on any atom is 0.311 e. The molecular weight excluding hydrogens is 494 g/mol. The van der Waals surface area contributed by atoms with E-state index < -0.39 is 33.4 Å². The van der Waals surface area contributed by atoms with Crippen molar-refractivity contribution in [2.75, 3.05) is 19.8 Å². The Balaban J connectivity index is 1.56. The van der Waals surface area contributed by atoms with Crippen LogP contribution in [0, 0.1) is 11.8 Å². The minimum Gasteiger partial charge on any atom is -0.466 e. The number of aliphatic hydroxyl groups excluding tert-OH is 1. The second-order valence-corrected chi connectivity index (χ2v) is 12.2. The Morgan fingerprint density at radius 2 is 2.14 bits per heavy atom. The average Bonchev–Trinajstić information content (AvgIpc) is 3.58. The maximum absolute atomic E-state index is 14.4. The van der Waals surface area contributed by atoms with Crippen molar-refractivity contribution in [1.82, 2.24) is 24.8 Å². The van der Waals surface area contributed by atoms with Crippen LogP contribution in [-0.4, -0.2) is 89.0 Å². The second kappa shape index (κ2) is 9.43. The van der Waals surface area contributed by atoms with E-state index in [-0.39, 0.29) is 44.2 Å². The number of esters is 1. The zero-order valence-electron chi connectivity index (χ0n) is 21.4. The van der Waals surface area contributed by atoms with Crippen molar-refractivity contribution < 1.29 is 24.2 Å². The van der Waals surface area contributed by atoms with Crippen LogP contribution in [0.5, 0.6) is 0 Å². The van der Waals surface area contributed by atoms with E-state index in [2.05, 4.69) is 16.9 Å². The molecule has 4 heterocycles. The van der Waals surface area contributed by atoms with Crippen LogP contribution in [0.2, 0.25) is 0 Å². The molecule has 2 aromatic rings. The minimum atomic E-state index is -0.840. The predicted molar refractivity (Wildman–Crippen MR) is 138 cm³/mol. The third-order valence-electron chi connectivity index (χ3n) is 8.11. The van der Waals surface area contributed by atoms with E-state index >= 15 is 0 Å². The Labute approximate surface area is 220 Å². The molecule has 2 bridgehead atoms. The van der Waals surface area contributed by atoms with E-state index in [1.54, 1.807) is 41.3 Å². The van der Waals surface area contributed by atoms with Crippen LogP contribution < -0.4 is 0 Å². The molecule has 0 saturated carbocycles. The molecule has 2 amide bonds. The van der Waals surface area contributed by atoms with E-state index in [0.29, 0.717) is 18.4 Å². The van der Waals surface area contributed by atoms with Gasteiger partial charge in [-0.25, -0.2) is 4.68 Å². The van der Waals surface area contributed by atoms with Crippen LogP contribution >= 0.6 is 11.8 Å². The summed E-state index contributed by atoms with van der Waals surface area (Å²) in [5.74, 6) is -2.23. The van der Waals surface area contributed by atoms with Crippen LogP contribution in [0.4, 0.5) is 0 Å². The Kier molecular flexibility index (Phi) is 6.56. The van der Waals surface area contributed by atoms with Gasteiger partial charge >= 0.3 is 5.97 Å². The lowest BCUT2D eigenvalue weighted by atomic mass is 9.66. The summed E-state index contributed by atoms with van der Waals surface area (Å²) in [5, 5.41) is 18.5. The van der Waals surface area contributed by atoms with Gasteiger partial charge in [-0.1, -0.05) is 23.4 Å². The molecule has 1 spiro atoms. The molecule has 3 fully saturated rings. The van der Waals surface area contributed by atoms with Crippen LogP contribution in [0.3, 0.4) is 0 Å². The molecule has 6 atom stereocenters. The fraction of sp³-hybridized carbons (Fsp3) is 0.577. The fourth-order valence-corrected chi connectivity index (χ4v) is 8.85. The summed E-state index contributed by atoms with van der Waals surface area (Å²) in [7, 11) is 0. The Morgan fingerprint density at radius 1 is 1.38 bits per heavy atom. The Morgan fingerprint density at radius 3 is 2.84 bits per heavy atom. The van der Waals surface area contributed by atoms with Gasteiger partial charge in [0.1, 0.15) is 18.2 Å². The number of hydrogen-bond donors (Lipinski definition) is 1. The van der Waals surface area contributed by atoms with Crippen molar-refractivity contribution in [1.29, 1.82) is 0 Å². The van der Waals surface area contributed by atoms with E-state index in [1.165, 1.54) is 4.90 Å². The first-order chi connectivity index (χ1) is 17.7. The van der Waals surface area contributed by atoms with E-state index in [9.17, 15) is 19.5 Å². The summed E-state index contributed by atoms with van der Waals surface area (Å²) in [5.41, 5.74) is 1.50. The summed E-state index contributed by atoms with van der Waals surface area (Å²) in [6.07, 6.45) is 2.97. The molecule has 11 heteroatoms. The maximum atomic E-state index is 14.4. The Bertz CT molecular complexity index is 1250. The Hall–Kier alpha value is -2.92. The van der Waals surface area contributed by atoms with Crippen LogP contribution in [0.1, 0.15) is 33.6 Å². The van der Waals surface area contributed by atoms with Gasteiger partial charge in [-0.2, -0.15) is 0 Å². The SMILES string of the molecule is C=CCN(Cn1nnc2ccccc21)C(=O)C1N([C@H](C)CO)C(=O)[C@@H]2[C@H](C(=O)OCC)[C@]3(C)CCC12S3. The first kappa shape index (κ1) is 25.7. The van der Waals surface area contributed by atoms with Gasteiger partial charge in [0.2, 0.25) is 11.8 Å². The molecule has 3 aliphatic heterocycles. The minimum absolute atomic E-state index is 0.126. The highest BCUT2D eigenvalue weighted by Gasteiger charge is 2.78. The van der Waals surface area contributed by atoms with Crippen molar-refractivity contribution in [3.8, 4) is 0 Å². The number of thioether (sulfide) groups is 1. The molecule has 37 heavy (non-hydrogen) atoms. The van der Waals surface area contributed by atoms with Gasteiger partial charge in [-0.3, -0.25) is 14.4 Å². The van der Waals surface area contributed by atoms with E-state index in [0.717, 1.165) is 5.52 Å². The van der Waals surface area contributed by atoms with Crippen LogP contribution in [0.25, 0.3) is 11.0 Å². The number of nitrogens with zero attached hydrogens (tertiary/aromatic N) is 5. The number of likely N-dealkylation sites (tertiary alicyclic amines) is 1. The average molecular weight is 528 g/mol. The number of carbonyl (C=O) groups excluding carboxylic acids is 3. The number of ether oxygens (including phenoxy) is 1. The zero-order valence-corrected chi connectivity index (χ0v) is 22.2. The largest absolute Gasteiger partial charge is 0.466 e. The number of carbonyl (C=O) groups is 3. The van der Waals surface area contributed by atoms with Crippen molar-refractivity contribution >= 4 is 40.6 Å². The summed E-state index contributed by atoms with van der Waals surface area (Å²) >= 11 is 1.58. The smallest absolute Gasteiger partial charge is 0.311 e. The summed E-state index contributed by atoms with van der Waals surface area (Å²) in [6.45, 7) is 9.62. The van der Waals surface area contributed by atoms with Crippen molar-refractivity contribution in [3.05, 3.63) is 36.9 Å². The highest BCUT2D eigenvalue weighted by Crippen LogP contribution is 2.71. The highest BCUT2D eigenvalue weighted by molar-refractivity contribution is 8.02. The van der Waals surface area contributed by atoms with Gasteiger partial charge in [0.05, 0.1) is 41.4 Å². The van der Waals surface area contributed by atoms with Crippen molar-refractivity contribution in [3.63, 3.8) is 0 Å². The number of fused-ring (bicyclic) bond motifs is 2. The lowest BCUT2D eigenvalue weighted by molar-refractivity contribution is -0.155. The number of rotatable bonds is 9. The molecular formula is C26H33N5O5S. The van der Waals surface area contributed by atoms with Crippen LogP contribution in [0.15, 0.2) is 36.9 Å². The normalized spacial score (nSPS) is 31.0. The van der Waals surface area contributed by atoms with E-state index in [4.69, 9.17) is 4.74 Å². The number of amides is 2. The molecule has 5 rings (SSSR count). The van der Waals surface area contributed by atoms with Gasteiger partial charge in [0.15, 0.2) is 0 Å². The monoisotopic (exact) mass is 527 g/mol. The molecule has 198 valence electrons. The number of benzene rings is 1. The third-order valence-corrected chi connectivity index (χ3v) is 10.1. The molecule has 0 radical (unpaired) electrons. The van der Waals surface area contributed by atoms with Crippen molar-refractivity contribution in [2.45, 2.75) is 61.9 Å². The molecule has 3 aliphatic rings. The van der Waals surface area contributed by atoms with Gasteiger partial charge in [-0.05, 0) is 45.7 Å². The van der Waals surface area contributed by atoms with Gasteiger partial charge in [-0.15, -0.1) is 23.4 Å². The summed E-state index contributed by atoms with van der Waals surface area (Å²) in [4.78, 5) is 44.7. The molecule has 1 N–H and O–H groups in total. The summed E-state index contributed by atoms with van der Waals surface area (Å²) < 4.78 is 5.79. The number of hydrogen-bond acceptors (Lipinski definition) is 8. The highest BCUT2D eigenvalue weighted by atomic mass is 32.2. The molecule has 2 unspecified atom stereocenters. The number of aliphatic hydroxyl groups is 1. The molecule has 0 aliphatic carbocycles. The summed E-state index contributed by atoms with van der Waals surface area (Å²) in [6, 6.07) is 6.07. The predicted octanol–water partition coefficient (Wildman–Crippen LogP) is 1.83. The number of para-hydroxylation sites is 1. The van der Waals surface area contributed by atoms with Crippen LogP contribution in [-0.2, 0) is 25.8 Å². The molecule has 10 nitrogen and oxygen atoms in total. The standard InChI is InChI=1S/C26H33N5O5S/c1-5-13-29(15-30-18-10-8-7-9-17(18)27-28-30)23(34)21-26-12-11-25(4,37-26)20(24(35)36-6-2)19(26)22(33)31(21)16(3)14-32/h5,7-10,16,19-21,32H,1,6,11-15H2,2-4H3/t16-,19+,20-,21?,25+,26?/m1/s1. The first-order valence-electron chi connectivity index (χ1n) is 12.7. The van der Waals surface area contributed by atoms with Gasteiger partial charge in [0, 0.05) is 11.3 Å². The van der Waals surface area contributed by atoms with Gasteiger partial charge in [0.25, 0.3) is 0 Å². The first-order valence-corrected chi connectivity index (χ1v) is 13.5. The second-order valence-electron chi connectivity index (χ2n) is 10.3. The molecule has 1 aromatic heterocycles. The fourth-order valence-electron chi connectivity index (χ4n) is 6.52. The molecule has 1 aromatic carbocycles. The van der Waals surface area contributed by atoms with Gasteiger partial charge < -0.3 is 19.6 Å². The lowest BCUT2D eigenvalue weighted by Crippen LogP contribution is -2.57.